The van der Waals surface area contributed by atoms with Gasteiger partial charge in [-0.15, -0.1) is 5.10 Å². The third kappa shape index (κ3) is 1.65. The number of nitrogens with zero attached hydrogens (tertiary/aromatic N) is 4. The van der Waals surface area contributed by atoms with E-state index in [1.807, 2.05) is 19.1 Å². The quantitative estimate of drug-likeness (QED) is 0.801. The molecule has 72 valence electrons. The van der Waals surface area contributed by atoms with Crippen molar-refractivity contribution in [3.8, 4) is 5.69 Å². The van der Waals surface area contributed by atoms with Crippen molar-refractivity contribution < 1.29 is 0 Å². The minimum Gasteiger partial charge on any atom is -0.198 e. The molecule has 0 aliphatic rings. The van der Waals surface area contributed by atoms with E-state index < -0.39 is 0 Å². The first-order chi connectivity index (χ1) is 6.68. The Hall–Kier alpha value is -0.940. The van der Waals surface area contributed by atoms with Crippen molar-refractivity contribution in [2.75, 3.05) is 0 Å². The third-order valence-electron chi connectivity index (χ3n) is 1.77. The predicted octanol–water partition coefficient (Wildman–Crippen LogP) is 2.39. The number of halogens is 2. The first-order valence-corrected chi connectivity index (χ1v) is 5.06. The van der Waals surface area contributed by atoms with Gasteiger partial charge in [0.25, 0.3) is 0 Å². The number of tetrazole rings is 1. The zero-order chi connectivity index (χ0) is 10.1. The van der Waals surface area contributed by atoms with E-state index >= 15 is 0 Å². The van der Waals surface area contributed by atoms with Crippen LogP contribution >= 0.6 is 27.5 Å². The maximum absolute atomic E-state index is 5.95. The molecule has 0 unspecified atom stereocenters. The first-order valence-electron chi connectivity index (χ1n) is 3.89. The molecule has 0 saturated heterocycles. The molecule has 1 heterocycles. The van der Waals surface area contributed by atoms with E-state index in [0.29, 0.717) is 5.02 Å². The van der Waals surface area contributed by atoms with Crippen molar-refractivity contribution in [2.24, 2.45) is 0 Å². The molecule has 1 aromatic carbocycles. The monoisotopic (exact) mass is 272 g/mol. The third-order valence-corrected chi connectivity index (χ3v) is 3.01. The highest BCUT2D eigenvalue weighted by Gasteiger charge is 2.05. The van der Waals surface area contributed by atoms with Gasteiger partial charge in [0, 0.05) is 4.47 Å². The number of hydrogen-bond acceptors (Lipinski definition) is 3. The first kappa shape index (κ1) is 9.61. The van der Waals surface area contributed by atoms with E-state index in [-0.39, 0.29) is 0 Å². The van der Waals surface area contributed by atoms with Gasteiger partial charge < -0.3 is 0 Å². The van der Waals surface area contributed by atoms with Crippen molar-refractivity contribution in [1.82, 2.24) is 20.2 Å². The molecule has 2 aromatic rings. The molecular weight excluding hydrogens is 267 g/mol. The van der Waals surface area contributed by atoms with Gasteiger partial charge in [-0.3, -0.25) is 0 Å². The molecular formula is C8H6BrClN4. The number of hydrogen-bond donors (Lipinski definition) is 0. The van der Waals surface area contributed by atoms with Crippen LogP contribution in [-0.2, 0) is 0 Å². The molecule has 0 spiro atoms. The van der Waals surface area contributed by atoms with Crippen LogP contribution in [-0.4, -0.2) is 20.2 Å². The van der Waals surface area contributed by atoms with E-state index in [0.717, 1.165) is 16.0 Å². The minimum atomic E-state index is 0.636. The standard InChI is InChI=1S/C8H6BrClN4/c1-5-11-12-13-14(5)6-2-3-7(9)8(10)4-6/h2-4H,1H3. The fourth-order valence-electron chi connectivity index (χ4n) is 1.09. The van der Waals surface area contributed by atoms with Crippen molar-refractivity contribution in [3.05, 3.63) is 33.5 Å². The predicted molar refractivity (Wildman–Crippen MR) is 56.6 cm³/mol. The van der Waals surface area contributed by atoms with Crippen LogP contribution in [0.5, 0.6) is 0 Å². The second-order valence-electron chi connectivity index (χ2n) is 2.74. The summed E-state index contributed by atoms with van der Waals surface area (Å²) < 4.78 is 2.48. The van der Waals surface area contributed by atoms with Crippen LogP contribution < -0.4 is 0 Å². The lowest BCUT2D eigenvalue weighted by molar-refractivity contribution is 0.779. The molecule has 0 amide bonds. The highest BCUT2D eigenvalue weighted by Crippen LogP contribution is 2.24. The zero-order valence-corrected chi connectivity index (χ0v) is 9.62. The van der Waals surface area contributed by atoms with E-state index in [4.69, 9.17) is 11.6 Å². The number of rotatable bonds is 1. The van der Waals surface area contributed by atoms with Crippen LogP contribution in [0.15, 0.2) is 22.7 Å². The van der Waals surface area contributed by atoms with Gasteiger partial charge in [-0.2, -0.15) is 4.68 Å². The molecule has 0 saturated carbocycles. The molecule has 1 aromatic heterocycles. The summed E-state index contributed by atoms with van der Waals surface area (Å²) in [5.74, 6) is 0.725. The van der Waals surface area contributed by atoms with Crippen molar-refractivity contribution in [1.29, 1.82) is 0 Å². The van der Waals surface area contributed by atoms with Crippen LogP contribution in [0.25, 0.3) is 5.69 Å². The van der Waals surface area contributed by atoms with Crippen LogP contribution in [0.1, 0.15) is 5.82 Å². The molecule has 4 nitrogen and oxygen atoms in total. The van der Waals surface area contributed by atoms with Crippen LogP contribution in [0.4, 0.5) is 0 Å². The lowest BCUT2D eigenvalue weighted by atomic mass is 10.3. The van der Waals surface area contributed by atoms with Gasteiger partial charge in [-0.05, 0) is 51.5 Å². The Morgan fingerprint density at radius 2 is 2.21 bits per heavy atom. The summed E-state index contributed by atoms with van der Waals surface area (Å²) in [7, 11) is 0. The summed E-state index contributed by atoms with van der Waals surface area (Å²) in [6, 6.07) is 5.55. The topological polar surface area (TPSA) is 43.6 Å². The van der Waals surface area contributed by atoms with Gasteiger partial charge in [0.2, 0.25) is 0 Å². The van der Waals surface area contributed by atoms with Crippen LogP contribution in [0.2, 0.25) is 5.02 Å². The summed E-state index contributed by atoms with van der Waals surface area (Å²) >= 11 is 9.27. The molecule has 0 bridgehead atoms. The fourth-order valence-corrected chi connectivity index (χ4v) is 1.51. The van der Waals surface area contributed by atoms with Crippen LogP contribution in [0, 0.1) is 6.92 Å². The highest BCUT2D eigenvalue weighted by molar-refractivity contribution is 9.10. The Bertz CT molecular complexity index is 468. The Morgan fingerprint density at radius 1 is 1.43 bits per heavy atom. The Balaban J connectivity index is 2.53. The zero-order valence-electron chi connectivity index (χ0n) is 7.28. The maximum Gasteiger partial charge on any atom is 0.153 e. The Labute approximate surface area is 94.0 Å². The van der Waals surface area contributed by atoms with Crippen LogP contribution in [0.3, 0.4) is 0 Å². The minimum absolute atomic E-state index is 0.636. The second kappa shape index (κ2) is 3.67. The molecule has 0 N–H and O–H groups in total. The average Bonchev–Trinajstić information content (AvgIpc) is 2.57. The molecule has 0 aliphatic carbocycles. The summed E-state index contributed by atoms with van der Waals surface area (Å²) in [5, 5.41) is 11.8. The van der Waals surface area contributed by atoms with Gasteiger partial charge in [0.1, 0.15) is 0 Å². The lowest BCUT2D eigenvalue weighted by Gasteiger charge is -2.02. The summed E-state index contributed by atoms with van der Waals surface area (Å²) in [6.45, 7) is 1.83. The van der Waals surface area contributed by atoms with E-state index in [2.05, 4.69) is 31.5 Å². The highest BCUT2D eigenvalue weighted by atomic mass is 79.9. The summed E-state index contributed by atoms with van der Waals surface area (Å²) in [6.07, 6.45) is 0. The van der Waals surface area contributed by atoms with Gasteiger partial charge in [-0.25, -0.2) is 0 Å². The normalized spacial score (nSPS) is 10.5. The molecule has 0 aliphatic heterocycles. The Kier molecular flexibility index (Phi) is 2.52. The largest absolute Gasteiger partial charge is 0.198 e. The average molecular weight is 274 g/mol. The smallest absolute Gasteiger partial charge is 0.153 e. The van der Waals surface area contributed by atoms with Crippen molar-refractivity contribution in [2.45, 2.75) is 6.92 Å². The van der Waals surface area contributed by atoms with E-state index in [9.17, 15) is 0 Å². The van der Waals surface area contributed by atoms with E-state index in [1.54, 1.807) is 10.7 Å². The second-order valence-corrected chi connectivity index (χ2v) is 4.00. The van der Waals surface area contributed by atoms with Crippen molar-refractivity contribution >= 4 is 27.5 Å². The van der Waals surface area contributed by atoms with Gasteiger partial charge in [-0.1, -0.05) is 11.6 Å². The lowest BCUT2D eigenvalue weighted by Crippen LogP contribution is -1.99. The molecule has 6 heteroatoms. The number of aryl methyl sites for hydroxylation is 1. The van der Waals surface area contributed by atoms with Gasteiger partial charge >= 0.3 is 0 Å². The Morgan fingerprint density at radius 3 is 2.79 bits per heavy atom. The summed E-state index contributed by atoms with van der Waals surface area (Å²) in [5.41, 5.74) is 0.848. The summed E-state index contributed by atoms with van der Waals surface area (Å²) in [4.78, 5) is 0. The number of aromatic nitrogens is 4. The molecule has 14 heavy (non-hydrogen) atoms. The van der Waals surface area contributed by atoms with Crippen molar-refractivity contribution in [3.63, 3.8) is 0 Å². The molecule has 0 atom stereocenters. The van der Waals surface area contributed by atoms with Gasteiger partial charge in [0.05, 0.1) is 10.7 Å². The van der Waals surface area contributed by atoms with Gasteiger partial charge in [0.15, 0.2) is 5.82 Å². The maximum atomic E-state index is 5.95. The SMILES string of the molecule is Cc1nnnn1-c1ccc(Br)c(Cl)c1. The molecule has 2 rings (SSSR count). The molecule has 0 radical (unpaired) electrons. The van der Waals surface area contributed by atoms with E-state index in [1.165, 1.54) is 0 Å². The fraction of sp³-hybridized carbons (Fsp3) is 0.125. The molecule has 0 fully saturated rings. The number of benzene rings is 1.